The summed E-state index contributed by atoms with van der Waals surface area (Å²) >= 11 is 0. The second kappa shape index (κ2) is 7.62. The number of benzene rings is 1. The summed E-state index contributed by atoms with van der Waals surface area (Å²) in [6.45, 7) is 4.76. The van der Waals surface area contributed by atoms with Gasteiger partial charge in [-0.1, -0.05) is 12.1 Å². The van der Waals surface area contributed by atoms with Crippen LogP contribution in [0.25, 0.3) is 0 Å². The highest BCUT2D eigenvalue weighted by Gasteiger charge is 2.35. The molecule has 0 unspecified atom stereocenters. The number of hydrogen-bond acceptors (Lipinski definition) is 4. The highest BCUT2D eigenvalue weighted by Crippen LogP contribution is 2.17. The van der Waals surface area contributed by atoms with Crippen molar-refractivity contribution in [2.45, 2.75) is 26.3 Å². The summed E-state index contributed by atoms with van der Waals surface area (Å²) in [6.07, 6.45) is 0. The maximum absolute atomic E-state index is 12.2. The monoisotopic (exact) mass is 322 g/mol. The molecule has 126 valence electrons. The number of amides is 2. The Morgan fingerprint density at radius 3 is 2.43 bits per heavy atom. The van der Waals surface area contributed by atoms with Gasteiger partial charge in [-0.3, -0.25) is 9.59 Å². The zero-order chi connectivity index (χ0) is 17.6. The number of carboxylic acid groups (broad SMARTS) is 1. The molecule has 1 rings (SSSR count). The average Bonchev–Trinajstić information content (AvgIpc) is 2.52. The number of ether oxygens (including phenoxy) is 1. The van der Waals surface area contributed by atoms with Crippen molar-refractivity contribution >= 4 is 17.8 Å². The predicted octanol–water partition coefficient (Wildman–Crippen LogP) is 1.14. The fraction of sp³-hybridized carbons (Fsp3) is 0.438. The van der Waals surface area contributed by atoms with E-state index < -0.39 is 23.3 Å². The number of carbonyl (C=O) groups excluding carboxylic acids is 2. The van der Waals surface area contributed by atoms with Gasteiger partial charge in [-0.15, -0.1) is 0 Å². The normalized spacial score (nSPS) is 10.8. The topological polar surface area (TPSA) is 95.9 Å². The molecule has 1 aromatic rings. The van der Waals surface area contributed by atoms with Crippen LogP contribution in [0.4, 0.5) is 0 Å². The number of para-hydroxylation sites is 1. The van der Waals surface area contributed by atoms with Gasteiger partial charge in [-0.2, -0.15) is 0 Å². The van der Waals surface area contributed by atoms with Gasteiger partial charge in [-0.25, -0.2) is 4.79 Å². The van der Waals surface area contributed by atoms with Gasteiger partial charge in [0.05, 0.1) is 18.7 Å². The maximum Gasteiger partial charge on any atom is 0.329 e. The third-order valence-electron chi connectivity index (χ3n) is 3.57. The number of nitrogens with zero attached hydrogens (tertiary/aromatic N) is 1. The van der Waals surface area contributed by atoms with E-state index in [9.17, 15) is 14.4 Å². The zero-order valence-electron chi connectivity index (χ0n) is 13.8. The Morgan fingerprint density at radius 2 is 1.87 bits per heavy atom. The molecule has 0 fully saturated rings. The quantitative estimate of drug-likeness (QED) is 0.785. The van der Waals surface area contributed by atoms with Crippen molar-refractivity contribution < 1.29 is 24.2 Å². The molecule has 0 bridgehead atoms. The molecule has 0 aliphatic carbocycles. The Labute approximate surface area is 135 Å². The highest BCUT2D eigenvalue weighted by molar-refractivity contribution is 5.99. The first kappa shape index (κ1) is 18.5. The van der Waals surface area contributed by atoms with Crippen LogP contribution in [0.5, 0.6) is 5.75 Å². The lowest BCUT2D eigenvalue weighted by Crippen LogP contribution is -2.53. The van der Waals surface area contributed by atoms with E-state index in [1.807, 2.05) is 0 Å². The fourth-order valence-electron chi connectivity index (χ4n) is 1.76. The Kier molecular flexibility index (Phi) is 6.12. The molecule has 0 aliphatic heterocycles. The first-order chi connectivity index (χ1) is 10.7. The van der Waals surface area contributed by atoms with E-state index in [4.69, 9.17) is 9.84 Å². The van der Waals surface area contributed by atoms with Crippen LogP contribution in [0.3, 0.4) is 0 Å². The first-order valence-electron chi connectivity index (χ1n) is 7.21. The largest absolute Gasteiger partial charge is 0.493 e. The minimum atomic E-state index is -1.36. The maximum atomic E-state index is 12.2. The number of likely N-dealkylation sites (N-methyl/N-ethyl adjacent to an activating group) is 1. The van der Waals surface area contributed by atoms with Crippen molar-refractivity contribution in [1.82, 2.24) is 10.2 Å². The lowest BCUT2D eigenvalue weighted by atomic mass is 10.0. The minimum Gasteiger partial charge on any atom is -0.493 e. The van der Waals surface area contributed by atoms with Crippen molar-refractivity contribution in [2.24, 2.45) is 0 Å². The van der Waals surface area contributed by atoms with E-state index in [-0.39, 0.29) is 6.54 Å². The Hall–Kier alpha value is -2.57. The van der Waals surface area contributed by atoms with E-state index in [0.717, 1.165) is 4.90 Å². The molecule has 0 aromatic heterocycles. The second-order valence-corrected chi connectivity index (χ2v) is 5.43. The van der Waals surface area contributed by atoms with E-state index in [2.05, 4.69) is 5.32 Å². The Balaban J connectivity index is 2.73. The smallest absolute Gasteiger partial charge is 0.329 e. The standard InChI is InChI=1S/C16H22N2O5/c1-5-23-12-9-7-6-8-11(12)14(20)17-10-13(19)18(4)16(2,3)15(21)22/h6-9H,5,10H2,1-4H3,(H,17,20)(H,21,22). The highest BCUT2D eigenvalue weighted by atomic mass is 16.5. The second-order valence-electron chi connectivity index (χ2n) is 5.43. The van der Waals surface area contributed by atoms with E-state index in [1.165, 1.54) is 20.9 Å². The molecule has 0 saturated heterocycles. The molecule has 7 heteroatoms. The van der Waals surface area contributed by atoms with E-state index >= 15 is 0 Å². The molecule has 0 radical (unpaired) electrons. The SMILES string of the molecule is CCOc1ccccc1C(=O)NCC(=O)N(C)C(C)(C)C(=O)O. The predicted molar refractivity (Wildman–Crippen MR) is 84.4 cm³/mol. The molecule has 0 aliphatic rings. The van der Waals surface area contributed by atoms with E-state index in [0.29, 0.717) is 17.9 Å². The summed E-state index contributed by atoms with van der Waals surface area (Å²) in [6, 6.07) is 6.70. The number of rotatable bonds is 7. The number of carboxylic acids is 1. The summed E-state index contributed by atoms with van der Waals surface area (Å²) in [7, 11) is 1.39. The van der Waals surface area contributed by atoms with Crippen LogP contribution < -0.4 is 10.1 Å². The van der Waals surface area contributed by atoms with Gasteiger partial charge in [0.1, 0.15) is 11.3 Å². The van der Waals surface area contributed by atoms with Crippen LogP contribution in [0, 0.1) is 0 Å². The van der Waals surface area contributed by atoms with Gasteiger partial charge in [0, 0.05) is 7.05 Å². The summed E-state index contributed by atoms with van der Waals surface area (Å²) in [5.74, 6) is -1.65. The molecule has 7 nitrogen and oxygen atoms in total. The zero-order valence-corrected chi connectivity index (χ0v) is 13.8. The van der Waals surface area contributed by atoms with E-state index in [1.54, 1.807) is 31.2 Å². The number of carbonyl (C=O) groups is 3. The molecular formula is C16H22N2O5. The molecule has 0 saturated carbocycles. The van der Waals surface area contributed by atoms with Crippen LogP contribution in [-0.2, 0) is 9.59 Å². The third kappa shape index (κ3) is 4.45. The van der Waals surface area contributed by atoms with Crippen LogP contribution >= 0.6 is 0 Å². The molecule has 0 spiro atoms. The van der Waals surface area contributed by atoms with Gasteiger partial charge in [0.25, 0.3) is 5.91 Å². The summed E-state index contributed by atoms with van der Waals surface area (Å²) < 4.78 is 5.36. The van der Waals surface area contributed by atoms with Gasteiger partial charge in [0.2, 0.25) is 5.91 Å². The van der Waals surface area contributed by atoms with Crippen LogP contribution in [0.2, 0.25) is 0 Å². The molecule has 23 heavy (non-hydrogen) atoms. The molecule has 1 aromatic carbocycles. The molecular weight excluding hydrogens is 300 g/mol. The summed E-state index contributed by atoms with van der Waals surface area (Å²) in [4.78, 5) is 36.5. The van der Waals surface area contributed by atoms with Gasteiger partial charge < -0.3 is 20.1 Å². The van der Waals surface area contributed by atoms with Crippen molar-refractivity contribution in [1.29, 1.82) is 0 Å². The van der Waals surface area contributed by atoms with Crippen molar-refractivity contribution in [3.8, 4) is 5.75 Å². The Morgan fingerprint density at radius 1 is 1.26 bits per heavy atom. The van der Waals surface area contributed by atoms with Gasteiger partial charge in [0.15, 0.2) is 0 Å². The minimum absolute atomic E-state index is 0.299. The molecule has 0 heterocycles. The summed E-state index contributed by atoms with van der Waals surface area (Å²) in [5.41, 5.74) is -1.03. The molecule has 2 amide bonds. The lowest BCUT2D eigenvalue weighted by Gasteiger charge is -2.31. The lowest BCUT2D eigenvalue weighted by molar-refractivity contribution is -0.154. The number of hydrogen-bond donors (Lipinski definition) is 2. The van der Waals surface area contributed by atoms with Gasteiger partial charge in [-0.05, 0) is 32.9 Å². The van der Waals surface area contributed by atoms with Crippen molar-refractivity contribution in [3.63, 3.8) is 0 Å². The first-order valence-corrected chi connectivity index (χ1v) is 7.21. The van der Waals surface area contributed by atoms with Crippen molar-refractivity contribution in [3.05, 3.63) is 29.8 Å². The van der Waals surface area contributed by atoms with Crippen molar-refractivity contribution in [2.75, 3.05) is 20.2 Å². The molecule has 0 atom stereocenters. The fourth-order valence-corrected chi connectivity index (χ4v) is 1.76. The third-order valence-corrected chi connectivity index (χ3v) is 3.57. The van der Waals surface area contributed by atoms with Crippen LogP contribution in [0.1, 0.15) is 31.1 Å². The molecule has 2 N–H and O–H groups in total. The Bertz CT molecular complexity index is 598. The number of nitrogens with one attached hydrogen (secondary N) is 1. The van der Waals surface area contributed by atoms with Crippen LogP contribution in [-0.4, -0.2) is 53.5 Å². The van der Waals surface area contributed by atoms with Crippen LogP contribution in [0.15, 0.2) is 24.3 Å². The average molecular weight is 322 g/mol. The number of aliphatic carboxylic acids is 1. The summed E-state index contributed by atoms with van der Waals surface area (Å²) in [5, 5.41) is 11.6. The van der Waals surface area contributed by atoms with Gasteiger partial charge >= 0.3 is 5.97 Å².